The highest BCUT2D eigenvalue weighted by Crippen LogP contribution is 2.28. The smallest absolute Gasteiger partial charge is 0.137 e. The Kier molecular flexibility index (Phi) is 3.98. The van der Waals surface area contributed by atoms with E-state index in [-0.39, 0.29) is 0 Å². The van der Waals surface area contributed by atoms with Gasteiger partial charge in [-0.05, 0) is 50.0 Å². The molecule has 2 aromatic heterocycles. The van der Waals surface area contributed by atoms with Gasteiger partial charge in [0.25, 0.3) is 0 Å². The first-order chi connectivity index (χ1) is 11.7. The Morgan fingerprint density at radius 3 is 2.50 bits per heavy atom. The number of anilines is 1. The summed E-state index contributed by atoms with van der Waals surface area (Å²) in [5.41, 5.74) is 12.6. The van der Waals surface area contributed by atoms with Crippen LogP contribution in [-0.4, -0.2) is 27.4 Å². The van der Waals surface area contributed by atoms with Gasteiger partial charge in [-0.25, -0.2) is 4.98 Å². The van der Waals surface area contributed by atoms with Gasteiger partial charge in [0.05, 0.1) is 11.4 Å². The lowest BCUT2D eigenvalue weighted by atomic mass is 10.1. The van der Waals surface area contributed by atoms with E-state index in [1.807, 2.05) is 18.3 Å². The largest absolute Gasteiger partial charge is 0.398 e. The van der Waals surface area contributed by atoms with Crippen LogP contribution in [0.5, 0.6) is 0 Å². The molecule has 3 heterocycles. The Hall–Kier alpha value is -2.33. The molecular weight excluding hydrogens is 296 g/mol. The van der Waals surface area contributed by atoms with Crippen molar-refractivity contribution in [2.45, 2.75) is 32.7 Å². The SMILES string of the molecule is CCc1ccc(-c2nc3ccc(N)cn3c2CN2CCCC2)cc1. The number of aromatic nitrogens is 2. The minimum absolute atomic E-state index is 0.774. The zero-order chi connectivity index (χ0) is 16.5. The van der Waals surface area contributed by atoms with Gasteiger partial charge in [0.2, 0.25) is 0 Å². The second kappa shape index (κ2) is 6.29. The van der Waals surface area contributed by atoms with Crippen LogP contribution in [0.2, 0.25) is 0 Å². The lowest BCUT2D eigenvalue weighted by molar-refractivity contribution is 0.327. The molecule has 0 saturated carbocycles. The summed E-state index contributed by atoms with van der Waals surface area (Å²) in [7, 11) is 0. The Labute approximate surface area is 142 Å². The van der Waals surface area contributed by atoms with Crippen LogP contribution in [0.3, 0.4) is 0 Å². The second-order valence-electron chi connectivity index (χ2n) is 6.63. The minimum Gasteiger partial charge on any atom is -0.398 e. The van der Waals surface area contributed by atoms with Gasteiger partial charge in [0.1, 0.15) is 5.65 Å². The van der Waals surface area contributed by atoms with Crippen molar-refractivity contribution in [1.29, 1.82) is 0 Å². The third-order valence-electron chi connectivity index (χ3n) is 4.95. The van der Waals surface area contributed by atoms with Crippen molar-refractivity contribution in [3.63, 3.8) is 0 Å². The van der Waals surface area contributed by atoms with Crippen molar-refractivity contribution in [3.8, 4) is 11.3 Å². The summed E-state index contributed by atoms with van der Waals surface area (Å²) in [5.74, 6) is 0. The number of pyridine rings is 1. The topological polar surface area (TPSA) is 46.6 Å². The van der Waals surface area contributed by atoms with Gasteiger partial charge in [0.15, 0.2) is 0 Å². The van der Waals surface area contributed by atoms with E-state index in [0.717, 1.165) is 30.0 Å². The predicted molar refractivity (Wildman–Crippen MR) is 98.9 cm³/mol. The quantitative estimate of drug-likeness (QED) is 0.796. The summed E-state index contributed by atoms with van der Waals surface area (Å²) in [6.07, 6.45) is 5.64. The maximum Gasteiger partial charge on any atom is 0.137 e. The molecule has 0 amide bonds. The third kappa shape index (κ3) is 2.78. The Morgan fingerprint density at radius 2 is 1.79 bits per heavy atom. The molecule has 1 fully saturated rings. The fraction of sp³-hybridized carbons (Fsp3) is 0.350. The highest BCUT2D eigenvalue weighted by Gasteiger charge is 2.19. The van der Waals surface area contributed by atoms with Crippen molar-refractivity contribution < 1.29 is 0 Å². The molecule has 4 nitrogen and oxygen atoms in total. The number of hydrogen-bond acceptors (Lipinski definition) is 3. The maximum absolute atomic E-state index is 6.02. The zero-order valence-corrected chi connectivity index (χ0v) is 14.2. The fourth-order valence-corrected chi connectivity index (χ4v) is 3.54. The van der Waals surface area contributed by atoms with Crippen molar-refractivity contribution in [2.75, 3.05) is 18.8 Å². The van der Waals surface area contributed by atoms with Crippen LogP contribution in [-0.2, 0) is 13.0 Å². The van der Waals surface area contributed by atoms with Gasteiger partial charge in [-0.15, -0.1) is 0 Å². The number of hydrogen-bond donors (Lipinski definition) is 1. The van der Waals surface area contributed by atoms with Crippen LogP contribution in [0.15, 0.2) is 42.6 Å². The van der Waals surface area contributed by atoms with E-state index in [1.54, 1.807) is 0 Å². The number of nitrogens with two attached hydrogens (primary N) is 1. The van der Waals surface area contributed by atoms with Crippen LogP contribution >= 0.6 is 0 Å². The Morgan fingerprint density at radius 1 is 1.04 bits per heavy atom. The van der Waals surface area contributed by atoms with Crippen molar-refractivity contribution >= 4 is 11.3 Å². The summed E-state index contributed by atoms with van der Waals surface area (Å²) < 4.78 is 2.16. The Bertz CT molecular complexity index is 842. The molecule has 124 valence electrons. The van der Waals surface area contributed by atoms with Crippen LogP contribution in [0, 0.1) is 0 Å². The summed E-state index contributed by atoms with van der Waals surface area (Å²) >= 11 is 0. The average Bonchev–Trinajstić information content (AvgIpc) is 3.24. The Balaban J connectivity index is 1.82. The molecule has 3 aromatic rings. The molecule has 0 radical (unpaired) electrons. The predicted octanol–water partition coefficient (Wildman–Crippen LogP) is 3.74. The summed E-state index contributed by atoms with van der Waals surface area (Å²) in [6, 6.07) is 12.7. The maximum atomic E-state index is 6.02. The number of nitrogen functional groups attached to an aromatic ring is 1. The summed E-state index contributed by atoms with van der Waals surface area (Å²) in [6.45, 7) is 5.45. The lowest BCUT2D eigenvalue weighted by Crippen LogP contribution is -2.20. The lowest BCUT2D eigenvalue weighted by Gasteiger charge is -2.15. The zero-order valence-electron chi connectivity index (χ0n) is 14.2. The summed E-state index contributed by atoms with van der Waals surface area (Å²) in [5, 5.41) is 0. The first-order valence-electron chi connectivity index (χ1n) is 8.82. The van der Waals surface area contributed by atoms with Crippen molar-refractivity contribution in [1.82, 2.24) is 14.3 Å². The van der Waals surface area contributed by atoms with E-state index in [4.69, 9.17) is 10.7 Å². The first-order valence-corrected chi connectivity index (χ1v) is 8.82. The van der Waals surface area contributed by atoms with Crippen molar-refractivity contribution in [3.05, 3.63) is 53.9 Å². The molecule has 0 aliphatic carbocycles. The van der Waals surface area contributed by atoms with E-state index in [2.05, 4.69) is 40.5 Å². The van der Waals surface area contributed by atoms with Gasteiger partial charge in [-0.3, -0.25) is 4.90 Å². The van der Waals surface area contributed by atoms with Crippen LogP contribution < -0.4 is 5.73 Å². The van der Waals surface area contributed by atoms with Crippen LogP contribution in [0.4, 0.5) is 5.69 Å². The number of imidazole rings is 1. The van der Waals surface area contributed by atoms with E-state index < -0.39 is 0 Å². The minimum atomic E-state index is 0.774. The fourth-order valence-electron chi connectivity index (χ4n) is 3.54. The number of likely N-dealkylation sites (tertiary alicyclic amines) is 1. The highest BCUT2D eigenvalue weighted by molar-refractivity contribution is 5.67. The highest BCUT2D eigenvalue weighted by atomic mass is 15.2. The normalized spacial score (nSPS) is 15.4. The molecular formula is C20H24N4. The average molecular weight is 320 g/mol. The molecule has 4 rings (SSSR count). The molecule has 0 bridgehead atoms. The number of rotatable bonds is 4. The number of aryl methyl sites for hydroxylation is 1. The van der Waals surface area contributed by atoms with Crippen LogP contribution in [0.25, 0.3) is 16.9 Å². The number of nitrogens with zero attached hydrogens (tertiary/aromatic N) is 3. The van der Waals surface area contributed by atoms with Gasteiger partial charge < -0.3 is 10.1 Å². The molecule has 0 spiro atoms. The first kappa shape index (κ1) is 15.2. The van der Waals surface area contributed by atoms with Crippen LogP contribution in [0.1, 0.15) is 31.0 Å². The molecule has 1 aliphatic heterocycles. The summed E-state index contributed by atoms with van der Waals surface area (Å²) in [4.78, 5) is 7.41. The second-order valence-corrected chi connectivity index (χ2v) is 6.63. The van der Waals surface area contributed by atoms with E-state index in [0.29, 0.717) is 0 Å². The van der Waals surface area contributed by atoms with E-state index >= 15 is 0 Å². The van der Waals surface area contributed by atoms with Gasteiger partial charge >= 0.3 is 0 Å². The van der Waals surface area contributed by atoms with Gasteiger partial charge in [-0.1, -0.05) is 31.2 Å². The number of benzene rings is 1. The molecule has 24 heavy (non-hydrogen) atoms. The number of fused-ring (bicyclic) bond motifs is 1. The van der Waals surface area contributed by atoms with Gasteiger partial charge in [-0.2, -0.15) is 0 Å². The molecule has 0 atom stereocenters. The molecule has 1 aliphatic rings. The third-order valence-corrected chi connectivity index (χ3v) is 4.95. The molecule has 1 saturated heterocycles. The van der Waals surface area contributed by atoms with Gasteiger partial charge in [0, 0.05) is 24.0 Å². The van der Waals surface area contributed by atoms with E-state index in [9.17, 15) is 0 Å². The monoisotopic (exact) mass is 320 g/mol. The standard InChI is InChI=1S/C20H24N4/c1-2-15-5-7-16(8-6-15)20-18(14-23-11-3-4-12-23)24-13-17(21)9-10-19(24)22-20/h5-10,13H,2-4,11-12,14,21H2,1H3. The molecule has 0 unspecified atom stereocenters. The molecule has 2 N–H and O–H groups in total. The van der Waals surface area contributed by atoms with Crippen molar-refractivity contribution in [2.24, 2.45) is 0 Å². The van der Waals surface area contributed by atoms with E-state index in [1.165, 1.54) is 42.8 Å². The molecule has 4 heteroatoms. The molecule has 1 aromatic carbocycles.